The molecule has 1 aromatic rings. The van der Waals surface area contributed by atoms with Crippen molar-refractivity contribution >= 4 is 29.3 Å². The first kappa shape index (κ1) is 18.1. The van der Waals surface area contributed by atoms with Crippen LogP contribution < -0.4 is 15.6 Å². The third kappa shape index (κ3) is 5.13. The molecular weight excluding hydrogens is 334 g/mol. The van der Waals surface area contributed by atoms with E-state index in [0.717, 1.165) is 6.42 Å². The van der Waals surface area contributed by atoms with Crippen LogP contribution in [0.5, 0.6) is 5.75 Å². The Bertz CT molecular complexity index is 623. The average molecular weight is 354 g/mol. The van der Waals surface area contributed by atoms with Crippen molar-refractivity contribution in [2.45, 2.75) is 19.8 Å². The lowest BCUT2D eigenvalue weighted by molar-refractivity contribution is -0.136. The van der Waals surface area contributed by atoms with Gasteiger partial charge < -0.3 is 9.64 Å². The van der Waals surface area contributed by atoms with Crippen molar-refractivity contribution in [1.82, 2.24) is 15.8 Å². The van der Waals surface area contributed by atoms with E-state index in [4.69, 9.17) is 16.3 Å². The van der Waals surface area contributed by atoms with Gasteiger partial charge in [0.15, 0.2) is 6.61 Å². The molecule has 24 heavy (non-hydrogen) atoms. The standard InChI is InChI=1S/C16H20ClN3O4/c1-11(21)20-8-4-5-12(9-20)16(23)19-18-15(22)10-24-14-7-3-2-6-13(14)17/h2-3,6-7,12H,4-5,8-10H2,1H3,(H,18,22)(H,19,23)/t12-/m1/s1. The molecule has 1 fully saturated rings. The number of benzene rings is 1. The highest BCUT2D eigenvalue weighted by Gasteiger charge is 2.27. The van der Waals surface area contributed by atoms with Crippen molar-refractivity contribution in [3.05, 3.63) is 29.3 Å². The van der Waals surface area contributed by atoms with Gasteiger partial charge in [-0.1, -0.05) is 23.7 Å². The Morgan fingerprint density at radius 2 is 2.04 bits per heavy atom. The molecule has 3 amide bonds. The van der Waals surface area contributed by atoms with Crippen molar-refractivity contribution in [3.63, 3.8) is 0 Å². The predicted molar refractivity (Wildman–Crippen MR) is 88.2 cm³/mol. The maximum absolute atomic E-state index is 12.1. The van der Waals surface area contributed by atoms with E-state index in [9.17, 15) is 14.4 Å². The van der Waals surface area contributed by atoms with Gasteiger partial charge in [-0.15, -0.1) is 0 Å². The summed E-state index contributed by atoms with van der Waals surface area (Å²) in [6, 6.07) is 6.79. The maximum atomic E-state index is 12.1. The summed E-state index contributed by atoms with van der Waals surface area (Å²) in [5, 5.41) is 0.404. The van der Waals surface area contributed by atoms with Gasteiger partial charge in [-0.25, -0.2) is 0 Å². The number of halogens is 1. The number of hydrogen-bond acceptors (Lipinski definition) is 4. The van der Waals surface area contributed by atoms with Crippen LogP contribution in [0.4, 0.5) is 0 Å². The summed E-state index contributed by atoms with van der Waals surface area (Å²) in [6.07, 6.45) is 1.45. The topological polar surface area (TPSA) is 87.7 Å². The van der Waals surface area contributed by atoms with E-state index in [1.165, 1.54) is 6.92 Å². The summed E-state index contributed by atoms with van der Waals surface area (Å²) >= 11 is 5.92. The van der Waals surface area contributed by atoms with Crippen LogP contribution in [0.15, 0.2) is 24.3 Å². The van der Waals surface area contributed by atoms with Crippen LogP contribution in [-0.2, 0) is 14.4 Å². The fourth-order valence-electron chi connectivity index (χ4n) is 2.45. The summed E-state index contributed by atoms with van der Waals surface area (Å²) in [5.74, 6) is -0.795. The summed E-state index contributed by atoms with van der Waals surface area (Å²) in [5.41, 5.74) is 4.68. The maximum Gasteiger partial charge on any atom is 0.276 e. The third-order valence-electron chi connectivity index (χ3n) is 3.76. The molecule has 1 atom stereocenters. The minimum Gasteiger partial charge on any atom is -0.482 e. The highest BCUT2D eigenvalue weighted by Crippen LogP contribution is 2.22. The van der Waals surface area contributed by atoms with Crippen LogP contribution in [0, 0.1) is 5.92 Å². The van der Waals surface area contributed by atoms with Gasteiger partial charge in [0, 0.05) is 20.0 Å². The smallest absolute Gasteiger partial charge is 0.276 e. The zero-order chi connectivity index (χ0) is 17.5. The molecule has 2 rings (SSSR count). The van der Waals surface area contributed by atoms with Gasteiger partial charge in [-0.05, 0) is 25.0 Å². The number of carbonyl (C=O) groups excluding carboxylic acids is 3. The molecule has 7 nitrogen and oxygen atoms in total. The molecule has 0 bridgehead atoms. The number of likely N-dealkylation sites (tertiary alicyclic amines) is 1. The summed E-state index contributed by atoms with van der Waals surface area (Å²) < 4.78 is 5.28. The molecule has 130 valence electrons. The molecule has 8 heteroatoms. The largest absolute Gasteiger partial charge is 0.482 e. The molecule has 1 aromatic carbocycles. The highest BCUT2D eigenvalue weighted by atomic mass is 35.5. The lowest BCUT2D eigenvalue weighted by Gasteiger charge is -2.31. The van der Waals surface area contributed by atoms with Crippen LogP contribution in [0.2, 0.25) is 5.02 Å². The summed E-state index contributed by atoms with van der Waals surface area (Å²) in [6.45, 7) is 2.24. The molecule has 1 aliphatic rings. The van der Waals surface area contributed by atoms with Crippen LogP contribution in [0.3, 0.4) is 0 Å². The van der Waals surface area contributed by atoms with Crippen molar-refractivity contribution in [2.24, 2.45) is 5.92 Å². The van der Waals surface area contributed by atoms with Crippen LogP contribution in [0.1, 0.15) is 19.8 Å². The molecule has 0 aromatic heterocycles. The average Bonchev–Trinajstić information content (AvgIpc) is 2.59. The SMILES string of the molecule is CC(=O)N1CCC[C@@H](C(=O)NNC(=O)COc2ccccc2Cl)C1. The van der Waals surface area contributed by atoms with E-state index in [1.807, 2.05) is 0 Å². The number of nitrogens with zero attached hydrogens (tertiary/aromatic N) is 1. The van der Waals surface area contributed by atoms with Crippen molar-refractivity contribution in [2.75, 3.05) is 19.7 Å². The molecule has 1 saturated heterocycles. The Labute approximate surface area is 145 Å². The number of hydrazine groups is 1. The fraction of sp³-hybridized carbons (Fsp3) is 0.438. The van der Waals surface area contributed by atoms with Crippen LogP contribution >= 0.6 is 11.6 Å². The van der Waals surface area contributed by atoms with Crippen molar-refractivity contribution < 1.29 is 19.1 Å². The predicted octanol–water partition coefficient (Wildman–Crippen LogP) is 1.12. The second-order valence-electron chi connectivity index (χ2n) is 5.56. The Morgan fingerprint density at radius 3 is 2.75 bits per heavy atom. The fourth-order valence-corrected chi connectivity index (χ4v) is 2.64. The van der Waals surface area contributed by atoms with Gasteiger partial charge in [0.1, 0.15) is 5.75 Å². The Morgan fingerprint density at radius 1 is 1.29 bits per heavy atom. The number of nitrogens with one attached hydrogen (secondary N) is 2. The molecule has 0 spiro atoms. The molecule has 0 unspecified atom stereocenters. The number of para-hydroxylation sites is 1. The minimum absolute atomic E-state index is 0.0512. The second kappa shape index (κ2) is 8.54. The monoisotopic (exact) mass is 353 g/mol. The molecular formula is C16H20ClN3O4. The van der Waals surface area contributed by atoms with E-state index in [2.05, 4.69) is 10.9 Å². The second-order valence-corrected chi connectivity index (χ2v) is 5.97. The van der Waals surface area contributed by atoms with Crippen LogP contribution in [-0.4, -0.2) is 42.3 Å². The number of hydrogen-bond donors (Lipinski definition) is 2. The number of ether oxygens (including phenoxy) is 1. The Kier molecular flexibility index (Phi) is 6.43. The molecule has 1 heterocycles. The first-order chi connectivity index (χ1) is 11.5. The summed E-state index contributed by atoms with van der Waals surface area (Å²) in [7, 11) is 0. The molecule has 2 N–H and O–H groups in total. The Balaban J connectivity index is 1.74. The molecule has 0 aliphatic carbocycles. The molecule has 0 radical (unpaired) electrons. The van der Waals surface area contributed by atoms with Crippen molar-refractivity contribution in [1.29, 1.82) is 0 Å². The zero-order valence-electron chi connectivity index (χ0n) is 13.4. The van der Waals surface area contributed by atoms with Gasteiger partial charge >= 0.3 is 0 Å². The summed E-state index contributed by atoms with van der Waals surface area (Å²) in [4.78, 5) is 36.8. The Hall–Kier alpha value is -2.28. The quantitative estimate of drug-likeness (QED) is 0.794. The van der Waals surface area contributed by atoms with Gasteiger partial charge in [-0.3, -0.25) is 25.2 Å². The molecule has 0 saturated carbocycles. The van der Waals surface area contributed by atoms with E-state index in [-0.39, 0.29) is 24.3 Å². The van der Waals surface area contributed by atoms with Crippen LogP contribution in [0.25, 0.3) is 0 Å². The van der Waals surface area contributed by atoms with E-state index in [1.54, 1.807) is 29.2 Å². The third-order valence-corrected chi connectivity index (χ3v) is 4.07. The number of amides is 3. The minimum atomic E-state index is -0.498. The lowest BCUT2D eigenvalue weighted by Crippen LogP contribution is -2.50. The number of carbonyl (C=O) groups is 3. The first-order valence-corrected chi connectivity index (χ1v) is 8.06. The van der Waals surface area contributed by atoms with E-state index >= 15 is 0 Å². The van der Waals surface area contributed by atoms with Gasteiger partial charge in [0.2, 0.25) is 11.8 Å². The molecule has 1 aliphatic heterocycles. The van der Waals surface area contributed by atoms with E-state index in [0.29, 0.717) is 30.3 Å². The van der Waals surface area contributed by atoms with Gasteiger partial charge in [0.05, 0.1) is 10.9 Å². The highest BCUT2D eigenvalue weighted by molar-refractivity contribution is 6.32. The van der Waals surface area contributed by atoms with Gasteiger partial charge in [0.25, 0.3) is 5.91 Å². The number of piperidine rings is 1. The van der Waals surface area contributed by atoms with E-state index < -0.39 is 5.91 Å². The van der Waals surface area contributed by atoms with Crippen molar-refractivity contribution in [3.8, 4) is 5.75 Å². The normalized spacial score (nSPS) is 17.1. The zero-order valence-corrected chi connectivity index (χ0v) is 14.1. The van der Waals surface area contributed by atoms with Gasteiger partial charge in [-0.2, -0.15) is 0 Å². The number of rotatable bonds is 4. The first-order valence-electron chi connectivity index (χ1n) is 7.69. The lowest BCUT2D eigenvalue weighted by atomic mass is 9.97.